The van der Waals surface area contributed by atoms with Crippen LogP contribution in [0.15, 0.2) is 0 Å². The summed E-state index contributed by atoms with van der Waals surface area (Å²) in [6, 6.07) is 0.404. The maximum Gasteiger partial charge on any atom is 0.323 e. The second-order valence-corrected chi connectivity index (χ2v) is 5.98. The van der Waals surface area contributed by atoms with Crippen molar-refractivity contribution >= 4 is 17.7 Å². The SMILES string of the molecule is CC1CC(N(C)C(C)(C)C(=O)O)CS1. The fraction of sp³-hybridized carbons (Fsp3) is 0.900. The molecule has 2 unspecified atom stereocenters. The molecule has 0 amide bonds. The van der Waals surface area contributed by atoms with Crippen molar-refractivity contribution in [1.29, 1.82) is 0 Å². The molecule has 14 heavy (non-hydrogen) atoms. The maximum absolute atomic E-state index is 11.1. The molecule has 1 aliphatic rings. The topological polar surface area (TPSA) is 40.5 Å². The third-order valence-electron chi connectivity index (χ3n) is 3.13. The average molecular weight is 217 g/mol. The van der Waals surface area contributed by atoms with E-state index in [0.29, 0.717) is 11.3 Å². The van der Waals surface area contributed by atoms with Gasteiger partial charge in [-0.3, -0.25) is 9.69 Å². The molecule has 4 heteroatoms. The van der Waals surface area contributed by atoms with Crippen molar-refractivity contribution in [3.05, 3.63) is 0 Å². The average Bonchev–Trinajstić information content (AvgIpc) is 2.50. The van der Waals surface area contributed by atoms with Crippen molar-refractivity contribution < 1.29 is 9.90 Å². The van der Waals surface area contributed by atoms with Gasteiger partial charge in [-0.25, -0.2) is 0 Å². The Hall–Kier alpha value is -0.220. The third kappa shape index (κ3) is 2.23. The van der Waals surface area contributed by atoms with Gasteiger partial charge in [-0.1, -0.05) is 6.92 Å². The summed E-state index contributed by atoms with van der Waals surface area (Å²) in [4.78, 5) is 13.0. The van der Waals surface area contributed by atoms with Gasteiger partial charge in [-0.05, 0) is 27.3 Å². The molecule has 0 spiro atoms. The standard InChI is InChI=1S/C10H19NO2S/c1-7-5-8(6-14-7)11(4)10(2,3)9(12)13/h7-8H,5-6H2,1-4H3,(H,12,13). The number of aliphatic carboxylic acids is 1. The van der Waals surface area contributed by atoms with Crippen molar-refractivity contribution in [2.75, 3.05) is 12.8 Å². The molecule has 0 saturated carbocycles. The predicted octanol–water partition coefficient (Wildman–Crippen LogP) is 1.68. The fourth-order valence-corrected chi connectivity index (χ4v) is 2.94. The minimum absolute atomic E-state index is 0.404. The Morgan fingerprint density at radius 1 is 1.57 bits per heavy atom. The maximum atomic E-state index is 11.1. The summed E-state index contributed by atoms with van der Waals surface area (Å²) >= 11 is 1.93. The first kappa shape index (κ1) is 11.9. The minimum Gasteiger partial charge on any atom is -0.480 e. The Balaban J connectivity index is 2.65. The lowest BCUT2D eigenvalue weighted by atomic mass is 10.0. The number of carbonyl (C=O) groups is 1. The monoisotopic (exact) mass is 217 g/mol. The summed E-state index contributed by atoms with van der Waals surface area (Å²) in [6.07, 6.45) is 1.10. The minimum atomic E-state index is -0.755. The lowest BCUT2D eigenvalue weighted by Crippen LogP contribution is -2.52. The van der Waals surface area contributed by atoms with Gasteiger partial charge < -0.3 is 5.11 Å². The molecule has 0 aromatic rings. The molecule has 0 aromatic heterocycles. The number of likely N-dealkylation sites (N-methyl/N-ethyl adjacent to an activating group) is 1. The lowest BCUT2D eigenvalue weighted by molar-refractivity contribution is -0.149. The molecule has 82 valence electrons. The first-order valence-electron chi connectivity index (χ1n) is 4.93. The Labute approximate surface area is 89.9 Å². The Morgan fingerprint density at radius 3 is 2.50 bits per heavy atom. The van der Waals surface area contributed by atoms with E-state index in [1.54, 1.807) is 13.8 Å². The molecular formula is C10H19NO2S. The van der Waals surface area contributed by atoms with Gasteiger partial charge >= 0.3 is 5.97 Å². The molecule has 0 bridgehead atoms. The zero-order valence-electron chi connectivity index (χ0n) is 9.28. The molecule has 1 saturated heterocycles. The Kier molecular flexibility index (Phi) is 3.48. The smallest absolute Gasteiger partial charge is 0.323 e. The largest absolute Gasteiger partial charge is 0.480 e. The van der Waals surface area contributed by atoms with Gasteiger partial charge in [0.2, 0.25) is 0 Å². The molecular weight excluding hydrogens is 198 g/mol. The van der Waals surface area contributed by atoms with Gasteiger partial charge in [0, 0.05) is 17.0 Å². The van der Waals surface area contributed by atoms with Crippen molar-refractivity contribution in [3.8, 4) is 0 Å². The predicted molar refractivity (Wildman–Crippen MR) is 59.8 cm³/mol. The molecule has 3 nitrogen and oxygen atoms in total. The van der Waals surface area contributed by atoms with Crippen molar-refractivity contribution in [3.63, 3.8) is 0 Å². The van der Waals surface area contributed by atoms with Crippen molar-refractivity contribution in [2.45, 2.75) is 44.0 Å². The van der Waals surface area contributed by atoms with Gasteiger partial charge in [-0.15, -0.1) is 0 Å². The Morgan fingerprint density at radius 2 is 2.14 bits per heavy atom. The van der Waals surface area contributed by atoms with Gasteiger partial charge in [0.05, 0.1) is 0 Å². The number of carboxylic acids is 1. The van der Waals surface area contributed by atoms with E-state index >= 15 is 0 Å². The highest BCUT2D eigenvalue weighted by Crippen LogP contribution is 2.31. The molecule has 0 radical (unpaired) electrons. The first-order valence-corrected chi connectivity index (χ1v) is 5.98. The molecule has 2 atom stereocenters. The van der Waals surface area contributed by atoms with E-state index in [-0.39, 0.29) is 0 Å². The summed E-state index contributed by atoms with van der Waals surface area (Å²) < 4.78 is 0. The molecule has 1 rings (SSSR count). The van der Waals surface area contributed by atoms with Gasteiger partial charge in [0.25, 0.3) is 0 Å². The zero-order chi connectivity index (χ0) is 10.9. The van der Waals surface area contributed by atoms with E-state index in [4.69, 9.17) is 5.11 Å². The number of nitrogens with zero attached hydrogens (tertiary/aromatic N) is 1. The van der Waals surface area contributed by atoms with Crippen molar-refractivity contribution in [2.24, 2.45) is 0 Å². The summed E-state index contributed by atoms with van der Waals surface area (Å²) in [5, 5.41) is 9.75. The fourth-order valence-electron chi connectivity index (χ4n) is 1.67. The number of hydrogen-bond donors (Lipinski definition) is 1. The lowest BCUT2D eigenvalue weighted by Gasteiger charge is -2.36. The number of thioether (sulfide) groups is 1. The van der Waals surface area contributed by atoms with Crippen LogP contribution in [0, 0.1) is 0 Å². The van der Waals surface area contributed by atoms with Gasteiger partial charge in [0.1, 0.15) is 5.54 Å². The molecule has 0 aromatic carbocycles. The van der Waals surface area contributed by atoms with Crippen LogP contribution in [0.4, 0.5) is 0 Å². The number of hydrogen-bond acceptors (Lipinski definition) is 3. The highest BCUT2D eigenvalue weighted by Gasteiger charge is 2.38. The summed E-state index contributed by atoms with van der Waals surface area (Å²) in [7, 11) is 1.91. The van der Waals surface area contributed by atoms with Crippen molar-refractivity contribution in [1.82, 2.24) is 4.90 Å². The van der Waals surface area contributed by atoms with Crippen LogP contribution in [0.25, 0.3) is 0 Å². The highest BCUT2D eigenvalue weighted by atomic mass is 32.2. The quantitative estimate of drug-likeness (QED) is 0.781. The second kappa shape index (κ2) is 4.11. The van der Waals surface area contributed by atoms with E-state index in [0.717, 1.165) is 12.2 Å². The van der Waals surface area contributed by atoms with Gasteiger partial charge in [0.15, 0.2) is 0 Å². The third-order valence-corrected chi connectivity index (χ3v) is 4.47. The van der Waals surface area contributed by atoms with E-state index in [9.17, 15) is 4.79 Å². The highest BCUT2D eigenvalue weighted by molar-refractivity contribution is 8.00. The van der Waals surface area contributed by atoms with Crippen LogP contribution in [0.1, 0.15) is 27.2 Å². The van der Waals surface area contributed by atoms with Crippen LogP contribution in [0.3, 0.4) is 0 Å². The molecule has 1 N–H and O–H groups in total. The van der Waals surface area contributed by atoms with Crippen LogP contribution < -0.4 is 0 Å². The van der Waals surface area contributed by atoms with E-state index in [2.05, 4.69) is 6.92 Å². The van der Waals surface area contributed by atoms with E-state index in [1.165, 1.54) is 0 Å². The normalized spacial score (nSPS) is 28.4. The number of rotatable bonds is 3. The van der Waals surface area contributed by atoms with Crippen LogP contribution in [-0.4, -0.2) is 45.6 Å². The molecule has 1 aliphatic heterocycles. The Bertz CT molecular complexity index is 230. The van der Waals surface area contributed by atoms with E-state index < -0.39 is 11.5 Å². The first-order chi connectivity index (χ1) is 6.35. The number of carboxylic acid groups (broad SMARTS) is 1. The van der Waals surface area contributed by atoms with Gasteiger partial charge in [-0.2, -0.15) is 11.8 Å². The summed E-state index contributed by atoms with van der Waals surface area (Å²) in [5.74, 6) is 0.304. The summed E-state index contributed by atoms with van der Waals surface area (Å²) in [5.41, 5.74) is -0.755. The van der Waals surface area contributed by atoms with Crippen LogP contribution in [0.5, 0.6) is 0 Å². The van der Waals surface area contributed by atoms with Crippen LogP contribution in [0.2, 0.25) is 0 Å². The molecule has 0 aliphatic carbocycles. The zero-order valence-corrected chi connectivity index (χ0v) is 10.1. The van der Waals surface area contributed by atoms with Crippen LogP contribution in [-0.2, 0) is 4.79 Å². The molecule has 1 fully saturated rings. The van der Waals surface area contributed by atoms with E-state index in [1.807, 2.05) is 23.7 Å². The van der Waals surface area contributed by atoms with Crippen LogP contribution >= 0.6 is 11.8 Å². The second-order valence-electron chi connectivity index (χ2n) is 4.51. The summed E-state index contributed by atoms with van der Waals surface area (Å²) in [6.45, 7) is 5.73. The molecule has 1 heterocycles.